The first-order chi connectivity index (χ1) is 10.2. The normalized spacial score (nSPS) is 17.2. The van der Waals surface area contributed by atoms with Gasteiger partial charge in [-0.1, -0.05) is 26.0 Å². The highest BCUT2D eigenvalue weighted by atomic mass is 16.2. The number of nitrogens with zero attached hydrogens (tertiary/aromatic N) is 2. The SMILES string of the molecule is CC.CC(=O)N1CC(N(C)c2cccc3c2CNCC3)C1. The van der Waals surface area contributed by atoms with Crippen molar-refractivity contribution in [3.05, 3.63) is 29.3 Å². The maximum atomic E-state index is 11.3. The highest BCUT2D eigenvalue weighted by molar-refractivity contribution is 5.74. The van der Waals surface area contributed by atoms with Crippen LogP contribution >= 0.6 is 0 Å². The number of amides is 1. The largest absolute Gasteiger partial charge is 0.368 e. The molecule has 4 nitrogen and oxygen atoms in total. The number of hydrogen-bond acceptors (Lipinski definition) is 3. The minimum atomic E-state index is 0.182. The number of nitrogens with one attached hydrogen (secondary N) is 1. The molecular formula is C17H27N3O. The van der Waals surface area contributed by atoms with E-state index in [-0.39, 0.29) is 5.91 Å². The third-order valence-corrected chi connectivity index (χ3v) is 4.36. The number of carbonyl (C=O) groups is 1. The topological polar surface area (TPSA) is 35.6 Å². The zero-order valence-electron chi connectivity index (χ0n) is 13.6. The van der Waals surface area contributed by atoms with Gasteiger partial charge in [-0.05, 0) is 30.2 Å². The van der Waals surface area contributed by atoms with Gasteiger partial charge in [0.05, 0.1) is 6.04 Å². The molecule has 0 aromatic heterocycles. The molecule has 116 valence electrons. The number of rotatable bonds is 2. The van der Waals surface area contributed by atoms with Crippen LogP contribution in [0.25, 0.3) is 0 Å². The van der Waals surface area contributed by atoms with Gasteiger partial charge >= 0.3 is 0 Å². The summed E-state index contributed by atoms with van der Waals surface area (Å²) in [5, 5.41) is 3.45. The molecule has 1 aromatic rings. The Balaban J connectivity index is 0.000000774. The number of carbonyl (C=O) groups excluding carboxylic acids is 1. The Morgan fingerprint density at radius 2 is 2.05 bits per heavy atom. The van der Waals surface area contributed by atoms with E-state index >= 15 is 0 Å². The van der Waals surface area contributed by atoms with Crippen LogP contribution in [0.1, 0.15) is 31.9 Å². The first-order valence-corrected chi connectivity index (χ1v) is 7.96. The number of anilines is 1. The quantitative estimate of drug-likeness (QED) is 0.905. The van der Waals surface area contributed by atoms with Crippen LogP contribution < -0.4 is 10.2 Å². The standard InChI is InChI=1S/C15H21N3O.C2H6/c1-11(19)18-9-13(10-18)17(2)15-5-3-4-12-6-7-16-8-14(12)15;1-2/h3-5,13,16H,6-10H2,1-2H3;1-2H3. The second-order valence-electron chi connectivity index (χ2n) is 5.53. The molecule has 1 amide bonds. The van der Waals surface area contributed by atoms with Gasteiger partial charge in [0, 0.05) is 39.3 Å². The van der Waals surface area contributed by atoms with E-state index in [4.69, 9.17) is 0 Å². The molecule has 2 aliphatic heterocycles. The fourth-order valence-corrected chi connectivity index (χ4v) is 2.98. The molecule has 0 spiro atoms. The lowest BCUT2D eigenvalue weighted by Gasteiger charge is -2.45. The Morgan fingerprint density at radius 1 is 1.33 bits per heavy atom. The van der Waals surface area contributed by atoms with Crippen molar-refractivity contribution in [3.63, 3.8) is 0 Å². The van der Waals surface area contributed by atoms with Crippen LogP contribution in [-0.2, 0) is 17.8 Å². The molecule has 21 heavy (non-hydrogen) atoms. The minimum Gasteiger partial charge on any atom is -0.368 e. The summed E-state index contributed by atoms with van der Waals surface area (Å²) in [5.74, 6) is 0.182. The molecule has 0 unspecified atom stereocenters. The van der Waals surface area contributed by atoms with E-state index in [0.29, 0.717) is 6.04 Å². The summed E-state index contributed by atoms with van der Waals surface area (Å²) in [6, 6.07) is 7.04. The minimum absolute atomic E-state index is 0.182. The fourth-order valence-electron chi connectivity index (χ4n) is 2.98. The number of fused-ring (bicyclic) bond motifs is 1. The molecule has 0 bridgehead atoms. The van der Waals surface area contributed by atoms with Crippen molar-refractivity contribution >= 4 is 11.6 Å². The molecule has 2 heterocycles. The van der Waals surface area contributed by atoms with E-state index in [1.54, 1.807) is 6.92 Å². The molecular weight excluding hydrogens is 262 g/mol. The highest BCUT2D eigenvalue weighted by Crippen LogP contribution is 2.29. The van der Waals surface area contributed by atoms with Gasteiger partial charge in [0.15, 0.2) is 0 Å². The van der Waals surface area contributed by atoms with Gasteiger partial charge in [-0.3, -0.25) is 4.79 Å². The lowest BCUT2D eigenvalue weighted by molar-refractivity contribution is -0.133. The van der Waals surface area contributed by atoms with Gasteiger partial charge in [-0.25, -0.2) is 0 Å². The van der Waals surface area contributed by atoms with E-state index in [2.05, 4.69) is 35.5 Å². The Kier molecular flexibility index (Phi) is 5.23. The molecule has 1 saturated heterocycles. The summed E-state index contributed by atoms with van der Waals surface area (Å²) in [4.78, 5) is 15.5. The summed E-state index contributed by atoms with van der Waals surface area (Å²) in [5.41, 5.74) is 4.21. The van der Waals surface area contributed by atoms with Gasteiger partial charge in [-0.2, -0.15) is 0 Å². The maximum Gasteiger partial charge on any atom is 0.219 e. The third kappa shape index (κ3) is 3.21. The van der Waals surface area contributed by atoms with Gasteiger partial charge in [0.1, 0.15) is 0 Å². The Bertz CT molecular complexity index is 495. The van der Waals surface area contributed by atoms with Crippen LogP contribution in [0.3, 0.4) is 0 Å². The monoisotopic (exact) mass is 289 g/mol. The van der Waals surface area contributed by atoms with Crippen molar-refractivity contribution in [2.45, 2.75) is 39.8 Å². The van der Waals surface area contributed by atoms with Crippen LogP contribution in [0.2, 0.25) is 0 Å². The molecule has 4 heteroatoms. The zero-order valence-corrected chi connectivity index (χ0v) is 13.6. The van der Waals surface area contributed by atoms with Crippen LogP contribution in [0.15, 0.2) is 18.2 Å². The van der Waals surface area contributed by atoms with Crippen molar-refractivity contribution in [1.82, 2.24) is 10.2 Å². The van der Waals surface area contributed by atoms with Crippen molar-refractivity contribution in [3.8, 4) is 0 Å². The van der Waals surface area contributed by atoms with Crippen molar-refractivity contribution in [2.24, 2.45) is 0 Å². The second-order valence-corrected chi connectivity index (χ2v) is 5.53. The average Bonchev–Trinajstić information content (AvgIpc) is 2.46. The molecule has 1 N–H and O–H groups in total. The zero-order chi connectivity index (χ0) is 15.4. The van der Waals surface area contributed by atoms with E-state index < -0.39 is 0 Å². The Hall–Kier alpha value is -1.55. The Labute approximate surface area is 128 Å². The van der Waals surface area contributed by atoms with Crippen LogP contribution in [0, 0.1) is 0 Å². The third-order valence-electron chi connectivity index (χ3n) is 4.36. The summed E-state index contributed by atoms with van der Waals surface area (Å²) in [6.07, 6.45) is 1.11. The lowest BCUT2D eigenvalue weighted by atomic mass is 9.97. The van der Waals surface area contributed by atoms with E-state index in [1.807, 2.05) is 18.7 Å². The average molecular weight is 289 g/mol. The number of likely N-dealkylation sites (N-methyl/N-ethyl adjacent to an activating group) is 1. The molecule has 0 saturated carbocycles. The molecule has 0 aliphatic carbocycles. The fraction of sp³-hybridized carbons (Fsp3) is 0.588. The molecule has 0 radical (unpaired) electrons. The molecule has 1 fully saturated rings. The summed E-state index contributed by atoms with van der Waals surface area (Å²) >= 11 is 0. The van der Waals surface area contributed by atoms with Crippen molar-refractivity contribution in [2.75, 3.05) is 31.6 Å². The predicted octanol–water partition coefficient (Wildman–Crippen LogP) is 2.03. The first kappa shape index (κ1) is 15.8. The van der Waals surface area contributed by atoms with Gasteiger partial charge in [-0.15, -0.1) is 0 Å². The summed E-state index contributed by atoms with van der Waals surface area (Å²) in [6.45, 7) is 9.37. The van der Waals surface area contributed by atoms with Crippen molar-refractivity contribution < 1.29 is 4.79 Å². The molecule has 3 rings (SSSR count). The molecule has 1 aromatic carbocycles. The van der Waals surface area contributed by atoms with Crippen molar-refractivity contribution in [1.29, 1.82) is 0 Å². The van der Waals surface area contributed by atoms with E-state index in [0.717, 1.165) is 32.6 Å². The first-order valence-electron chi connectivity index (χ1n) is 7.96. The predicted molar refractivity (Wildman–Crippen MR) is 87.6 cm³/mol. The molecule has 2 aliphatic rings. The van der Waals surface area contributed by atoms with Crippen LogP contribution in [-0.4, -0.2) is 43.5 Å². The van der Waals surface area contributed by atoms with E-state index in [1.165, 1.54) is 16.8 Å². The van der Waals surface area contributed by atoms with Gasteiger partial charge in [0.25, 0.3) is 0 Å². The number of hydrogen-bond donors (Lipinski definition) is 1. The summed E-state index contributed by atoms with van der Waals surface area (Å²) < 4.78 is 0. The summed E-state index contributed by atoms with van der Waals surface area (Å²) in [7, 11) is 2.15. The van der Waals surface area contributed by atoms with Crippen LogP contribution in [0.5, 0.6) is 0 Å². The lowest BCUT2D eigenvalue weighted by Crippen LogP contribution is -2.60. The van der Waals surface area contributed by atoms with Gasteiger partial charge in [0.2, 0.25) is 5.91 Å². The number of benzene rings is 1. The Morgan fingerprint density at radius 3 is 2.71 bits per heavy atom. The second kappa shape index (κ2) is 6.94. The van der Waals surface area contributed by atoms with Gasteiger partial charge < -0.3 is 15.1 Å². The van der Waals surface area contributed by atoms with E-state index in [9.17, 15) is 4.79 Å². The van der Waals surface area contributed by atoms with Crippen LogP contribution in [0.4, 0.5) is 5.69 Å². The smallest absolute Gasteiger partial charge is 0.219 e. The molecule has 0 atom stereocenters. The maximum absolute atomic E-state index is 11.3. The number of likely N-dealkylation sites (tertiary alicyclic amines) is 1. The highest BCUT2D eigenvalue weighted by Gasteiger charge is 2.32.